The fourth-order valence-electron chi connectivity index (χ4n) is 0. The molecule has 0 bridgehead atoms. The molecule has 7 heavy (non-hydrogen) atoms. The quantitative estimate of drug-likeness (QED) is 0.518. The zero-order chi connectivity index (χ0) is 2.71. The second-order valence-electron chi connectivity index (χ2n) is 0.0833. The van der Waals surface area contributed by atoms with Crippen LogP contribution in [0.2, 0.25) is 0 Å². The van der Waals surface area contributed by atoms with Gasteiger partial charge in [0.15, 0.2) is 0 Å². The first-order valence-electron chi connectivity index (χ1n) is 0.408. The van der Waals surface area contributed by atoms with E-state index in [0.717, 1.165) is 0 Å². The van der Waals surface area contributed by atoms with Gasteiger partial charge in [-0.15, -0.1) is 0 Å². The molecule has 0 amide bonds. The maximum Gasteiger partial charge on any atom is 4.00 e. The van der Waals surface area contributed by atoms with Crippen molar-refractivity contribution in [2.45, 2.75) is 0 Å². The van der Waals surface area contributed by atoms with Crippen molar-refractivity contribution in [2.75, 3.05) is 0 Å². The molecule has 0 saturated heterocycles. The van der Waals surface area contributed by atoms with Gasteiger partial charge < -0.3 is 11.0 Å². The summed E-state index contributed by atoms with van der Waals surface area (Å²) in [5.41, 5.74) is 0. The topological polar surface area (TPSA) is 91.1 Å². The molecule has 0 aliphatic rings. The standard InChI is InChI=1S/Ba.O2Si.2O.Ti/c;1-3-2;;;/q+2;;2*-2;+4. The van der Waals surface area contributed by atoms with Gasteiger partial charge in [-0.25, -0.2) is 0 Å². The smallest absolute Gasteiger partial charge is 2.00 e. The summed E-state index contributed by atoms with van der Waals surface area (Å²) in [4.78, 5) is 0. The zero-order valence-corrected chi connectivity index (χ0v) is 10.3. The summed E-state index contributed by atoms with van der Waals surface area (Å²) in [6, 6.07) is 0. The summed E-state index contributed by atoms with van der Waals surface area (Å²) in [5, 5.41) is 0. The van der Waals surface area contributed by atoms with Gasteiger partial charge in [-0.1, -0.05) is 0 Å². The third kappa shape index (κ3) is 71.1. The Morgan fingerprint density at radius 3 is 1.00 bits per heavy atom. The minimum Gasteiger partial charge on any atom is -2.00 e. The number of hydrogen-bond acceptors (Lipinski definition) is 2. The predicted molar refractivity (Wildman–Crippen MR) is 14.3 cm³/mol. The van der Waals surface area contributed by atoms with Gasteiger partial charge in [0, 0.05) is 0 Å². The van der Waals surface area contributed by atoms with E-state index in [1.54, 1.807) is 0 Å². The van der Waals surface area contributed by atoms with Crippen LogP contribution in [0.4, 0.5) is 0 Å². The van der Waals surface area contributed by atoms with Gasteiger partial charge in [0.2, 0.25) is 0 Å². The molecule has 0 fully saturated rings. The van der Waals surface area contributed by atoms with Crippen molar-refractivity contribution in [3.63, 3.8) is 0 Å². The maximum atomic E-state index is 8.40. The molecule has 0 aromatic heterocycles. The SMILES string of the molecule is O=[Si]=O.[Ba+2].[O-2].[O-2].[Ti+4]. The Bertz CT molecular complexity index is 32.7. The molecule has 0 aromatic rings. The van der Waals surface area contributed by atoms with Crippen molar-refractivity contribution in [1.29, 1.82) is 0 Å². The Labute approximate surface area is 97.9 Å². The molecule has 0 N–H and O–H groups in total. The molecule has 0 aliphatic carbocycles. The van der Waals surface area contributed by atoms with Crippen molar-refractivity contribution in [1.82, 2.24) is 0 Å². The van der Waals surface area contributed by atoms with E-state index < -0.39 is 9.29 Å². The van der Waals surface area contributed by atoms with Crippen molar-refractivity contribution in [3.05, 3.63) is 0 Å². The molecule has 0 rings (SSSR count). The van der Waals surface area contributed by atoms with Gasteiger partial charge >= 0.3 is 79.9 Å². The molecule has 0 unspecified atom stereocenters. The van der Waals surface area contributed by atoms with Crippen LogP contribution in [-0.2, 0) is 41.6 Å². The van der Waals surface area contributed by atoms with Crippen LogP contribution in [0.5, 0.6) is 0 Å². The molecule has 7 heteroatoms. The molecule has 0 aliphatic heterocycles. The van der Waals surface area contributed by atoms with Crippen LogP contribution in [0.3, 0.4) is 0 Å². The number of hydrogen-bond donors (Lipinski definition) is 0. The van der Waals surface area contributed by atoms with Gasteiger partial charge in [-0.2, -0.15) is 0 Å². The maximum absolute atomic E-state index is 8.40. The van der Waals surface area contributed by atoms with E-state index in [0.29, 0.717) is 0 Å². The molecule has 32 valence electrons. The minimum absolute atomic E-state index is 0. The van der Waals surface area contributed by atoms with E-state index in [1.165, 1.54) is 0 Å². The van der Waals surface area contributed by atoms with Crippen molar-refractivity contribution in [3.8, 4) is 0 Å². The second-order valence-corrected chi connectivity index (χ2v) is 0.250. The summed E-state index contributed by atoms with van der Waals surface area (Å²) in [6.45, 7) is 0. The summed E-state index contributed by atoms with van der Waals surface area (Å²) in [7, 11) is -1.42. The predicted octanol–water partition coefficient (Wildman–Crippen LogP) is -1.24. The van der Waals surface area contributed by atoms with E-state index in [1.807, 2.05) is 0 Å². The van der Waals surface area contributed by atoms with Crippen LogP contribution in [-0.4, -0.2) is 58.2 Å². The Balaban J connectivity index is -0.00000000333. The molecule has 0 atom stereocenters. The van der Waals surface area contributed by atoms with Crippen LogP contribution >= 0.6 is 0 Å². The Kier molecular flexibility index (Phi) is 222. The van der Waals surface area contributed by atoms with Crippen LogP contribution in [0, 0.1) is 0 Å². The summed E-state index contributed by atoms with van der Waals surface area (Å²) in [5.74, 6) is 0. The molecule has 0 radical (unpaired) electrons. The minimum atomic E-state index is -1.42. The van der Waals surface area contributed by atoms with E-state index in [4.69, 9.17) is 8.92 Å². The van der Waals surface area contributed by atoms with Crippen LogP contribution in [0.15, 0.2) is 0 Å². The number of rotatable bonds is 0. The molecule has 0 heterocycles. The van der Waals surface area contributed by atoms with Crippen molar-refractivity contribution < 1.29 is 41.6 Å². The molecule has 4 nitrogen and oxygen atoms in total. The average Bonchev–Trinajstić information content (AvgIpc) is 0.918. The zero-order valence-electron chi connectivity index (χ0n) is 3.34. The molecule has 0 spiro atoms. The van der Waals surface area contributed by atoms with E-state index in [-0.39, 0.29) is 81.6 Å². The van der Waals surface area contributed by atoms with Crippen LogP contribution < -0.4 is 0 Å². The van der Waals surface area contributed by atoms with Crippen LogP contribution in [0.25, 0.3) is 0 Å². The summed E-state index contributed by atoms with van der Waals surface area (Å²) in [6.07, 6.45) is 0. The van der Waals surface area contributed by atoms with Crippen LogP contribution in [0.1, 0.15) is 0 Å². The Hall–Kier alpha value is 2.02. The van der Waals surface area contributed by atoms with Crippen molar-refractivity contribution >= 4 is 58.2 Å². The first-order chi connectivity index (χ1) is 1.41. The van der Waals surface area contributed by atoms with Gasteiger partial charge in [-0.05, 0) is 0 Å². The fourth-order valence-corrected chi connectivity index (χ4v) is 0. The summed E-state index contributed by atoms with van der Waals surface area (Å²) >= 11 is 0. The summed E-state index contributed by atoms with van der Waals surface area (Å²) < 4.78 is 16.8. The van der Waals surface area contributed by atoms with Gasteiger partial charge in [0.1, 0.15) is 0 Å². The molecule has 0 saturated carbocycles. The van der Waals surface area contributed by atoms with Crippen molar-refractivity contribution in [2.24, 2.45) is 0 Å². The van der Waals surface area contributed by atoms with Gasteiger partial charge in [0.25, 0.3) is 0 Å². The monoisotopic (exact) mass is 278 g/mol. The van der Waals surface area contributed by atoms with E-state index in [9.17, 15) is 0 Å². The Morgan fingerprint density at radius 2 is 1.00 bits per heavy atom. The fraction of sp³-hybridized carbons (Fsp3) is 0. The first kappa shape index (κ1) is 35.9. The normalized spacial score (nSPS) is 1.14. The van der Waals surface area contributed by atoms with E-state index in [2.05, 4.69) is 0 Å². The average molecular weight is 277 g/mol. The van der Waals surface area contributed by atoms with Gasteiger partial charge in [0.05, 0.1) is 0 Å². The van der Waals surface area contributed by atoms with Gasteiger partial charge in [-0.3, -0.25) is 8.92 Å². The largest absolute Gasteiger partial charge is 4.00 e. The molecule has 0 aromatic carbocycles. The van der Waals surface area contributed by atoms with E-state index >= 15 is 0 Å². The third-order valence-corrected chi connectivity index (χ3v) is 0. The third-order valence-electron chi connectivity index (χ3n) is 0. The second kappa shape index (κ2) is 43.3. The Morgan fingerprint density at radius 1 is 1.00 bits per heavy atom. The molecular weight excluding hydrogens is 277 g/mol. The first-order valence-corrected chi connectivity index (χ1v) is 1.22. The molecular formula is BaO4SiTi+2.